The summed E-state index contributed by atoms with van der Waals surface area (Å²) in [5.41, 5.74) is 1.98. The van der Waals surface area contributed by atoms with Crippen molar-refractivity contribution in [2.45, 2.75) is 52.3 Å². The van der Waals surface area contributed by atoms with Gasteiger partial charge in [0.1, 0.15) is 0 Å². The molecular formula is C18H24N4O2S. The predicted molar refractivity (Wildman–Crippen MR) is 97.8 cm³/mol. The Balaban J connectivity index is 1.60. The minimum Gasteiger partial charge on any atom is -0.475 e. The van der Waals surface area contributed by atoms with Crippen LogP contribution in [0.25, 0.3) is 0 Å². The van der Waals surface area contributed by atoms with Crippen LogP contribution in [0.5, 0.6) is 5.88 Å². The van der Waals surface area contributed by atoms with Gasteiger partial charge in [0.15, 0.2) is 0 Å². The monoisotopic (exact) mass is 360 g/mol. The Morgan fingerprint density at radius 1 is 1.52 bits per heavy atom. The van der Waals surface area contributed by atoms with Crippen molar-refractivity contribution < 1.29 is 9.53 Å². The van der Waals surface area contributed by atoms with Crippen LogP contribution >= 0.6 is 11.3 Å². The predicted octanol–water partition coefficient (Wildman–Crippen LogP) is 3.68. The van der Waals surface area contributed by atoms with Gasteiger partial charge in [0.05, 0.1) is 22.8 Å². The molecule has 2 aromatic heterocycles. The number of nitrogens with one attached hydrogen (secondary N) is 1. The van der Waals surface area contributed by atoms with E-state index in [9.17, 15) is 4.79 Å². The summed E-state index contributed by atoms with van der Waals surface area (Å²) in [4.78, 5) is 23.2. The second kappa shape index (κ2) is 7.82. The summed E-state index contributed by atoms with van der Waals surface area (Å²) >= 11 is 1.63. The number of carbonyl (C=O) groups is 1. The lowest BCUT2D eigenvalue weighted by Gasteiger charge is -2.23. The maximum absolute atomic E-state index is 12.6. The molecule has 0 aliphatic carbocycles. The third-order valence-electron chi connectivity index (χ3n) is 4.09. The van der Waals surface area contributed by atoms with Gasteiger partial charge in [0.2, 0.25) is 5.88 Å². The number of pyridine rings is 1. The SMILES string of the molecule is Cc1nc(C2CCCN2C(=O)NCc2ccnc(OC(C)C)c2)cs1. The number of nitrogens with zero attached hydrogens (tertiary/aromatic N) is 3. The summed E-state index contributed by atoms with van der Waals surface area (Å²) < 4.78 is 5.60. The van der Waals surface area contributed by atoms with E-state index in [1.54, 1.807) is 17.5 Å². The van der Waals surface area contributed by atoms with Gasteiger partial charge in [-0.2, -0.15) is 0 Å². The normalized spacial score (nSPS) is 17.1. The molecule has 6 nitrogen and oxygen atoms in total. The largest absolute Gasteiger partial charge is 0.475 e. The summed E-state index contributed by atoms with van der Waals surface area (Å²) in [6.45, 7) is 7.14. The van der Waals surface area contributed by atoms with E-state index < -0.39 is 0 Å². The second-order valence-corrected chi connectivity index (χ2v) is 7.53. The smallest absolute Gasteiger partial charge is 0.318 e. The molecule has 1 atom stereocenters. The van der Waals surface area contributed by atoms with Gasteiger partial charge in [0, 0.05) is 30.7 Å². The molecule has 134 valence electrons. The Bertz CT molecular complexity index is 731. The van der Waals surface area contributed by atoms with Crippen molar-refractivity contribution in [2.24, 2.45) is 0 Å². The van der Waals surface area contributed by atoms with Crippen LogP contribution in [-0.4, -0.2) is 33.5 Å². The third kappa shape index (κ3) is 4.48. The van der Waals surface area contributed by atoms with E-state index in [0.29, 0.717) is 12.4 Å². The van der Waals surface area contributed by atoms with Crippen LogP contribution < -0.4 is 10.1 Å². The number of ether oxygens (including phenoxy) is 1. The van der Waals surface area contributed by atoms with Gasteiger partial charge in [-0.15, -0.1) is 11.3 Å². The number of rotatable bonds is 5. The maximum atomic E-state index is 12.6. The number of likely N-dealkylation sites (tertiary alicyclic amines) is 1. The van der Waals surface area contributed by atoms with Gasteiger partial charge < -0.3 is 15.0 Å². The summed E-state index contributed by atoms with van der Waals surface area (Å²) in [7, 11) is 0. The van der Waals surface area contributed by atoms with E-state index in [0.717, 1.165) is 35.7 Å². The number of carbonyl (C=O) groups excluding carboxylic acids is 1. The van der Waals surface area contributed by atoms with Gasteiger partial charge in [-0.25, -0.2) is 14.8 Å². The topological polar surface area (TPSA) is 67.4 Å². The van der Waals surface area contributed by atoms with Crippen LogP contribution in [0.15, 0.2) is 23.7 Å². The molecule has 0 spiro atoms. The van der Waals surface area contributed by atoms with Crippen molar-refractivity contribution in [1.82, 2.24) is 20.2 Å². The van der Waals surface area contributed by atoms with E-state index in [4.69, 9.17) is 4.74 Å². The van der Waals surface area contributed by atoms with Crippen molar-refractivity contribution >= 4 is 17.4 Å². The average molecular weight is 360 g/mol. The Morgan fingerprint density at radius 2 is 2.36 bits per heavy atom. The van der Waals surface area contributed by atoms with Crippen LogP contribution in [0.4, 0.5) is 4.79 Å². The molecule has 2 amide bonds. The zero-order valence-corrected chi connectivity index (χ0v) is 15.7. The fourth-order valence-electron chi connectivity index (χ4n) is 3.00. The minimum absolute atomic E-state index is 0.0451. The fraction of sp³-hybridized carbons (Fsp3) is 0.500. The highest BCUT2D eigenvalue weighted by Crippen LogP contribution is 2.32. The molecular weight excluding hydrogens is 336 g/mol. The standard InChI is InChI=1S/C18H24N4O2S/c1-12(2)24-17-9-14(6-7-19-17)10-20-18(23)22-8-4-5-16(22)15-11-25-13(3)21-15/h6-7,9,11-12,16H,4-5,8,10H2,1-3H3,(H,20,23). The van der Waals surface area contributed by atoms with Crippen molar-refractivity contribution in [1.29, 1.82) is 0 Å². The lowest BCUT2D eigenvalue weighted by molar-refractivity contribution is 0.191. The van der Waals surface area contributed by atoms with Crippen LogP contribution in [-0.2, 0) is 6.54 Å². The van der Waals surface area contributed by atoms with E-state index in [1.807, 2.05) is 37.8 Å². The molecule has 1 aliphatic heterocycles. The quantitative estimate of drug-likeness (QED) is 0.883. The summed E-state index contributed by atoms with van der Waals surface area (Å²) in [5.74, 6) is 0.582. The second-order valence-electron chi connectivity index (χ2n) is 6.47. The highest BCUT2D eigenvalue weighted by Gasteiger charge is 2.31. The molecule has 1 fully saturated rings. The number of urea groups is 1. The Hall–Kier alpha value is -2.15. The molecule has 0 aromatic carbocycles. The summed E-state index contributed by atoms with van der Waals surface area (Å²) in [6.07, 6.45) is 3.76. The highest BCUT2D eigenvalue weighted by molar-refractivity contribution is 7.09. The first-order valence-electron chi connectivity index (χ1n) is 8.61. The van der Waals surface area contributed by atoms with E-state index in [-0.39, 0.29) is 18.2 Å². The highest BCUT2D eigenvalue weighted by atomic mass is 32.1. The van der Waals surface area contributed by atoms with Crippen molar-refractivity contribution in [3.8, 4) is 5.88 Å². The first-order valence-corrected chi connectivity index (χ1v) is 9.49. The molecule has 25 heavy (non-hydrogen) atoms. The molecule has 2 aromatic rings. The zero-order valence-electron chi connectivity index (χ0n) is 14.9. The van der Waals surface area contributed by atoms with E-state index in [1.165, 1.54) is 0 Å². The number of aryl methyl sites for hydroxylation is 1. The summed E-state index contributed by atoms with van der Waals surface area (Å²) in [5, 5.41) is 6.11. The maximum Gasteiger partial charge on any atom is 0.318 e. The van der Waals surface area contributed by atoms with Gasteiger partial charge in [-0.1, -0.05) is 0 Å². The number of hydrogen-bond acceptors (Lipinski definition) is 5. The van der Waals surface area contributed by atoms with E-state index in [2.05, 4.69) is 20.7 Å². The zero-order chi connectivity index (χ0) is 17.8. The Labute approximate surface area is 152 Å². The van der Waals surface area contributed by atoms with Crippen molar-refractivity contribution in [3.05, 3.63) is 40.0 Å². The van der Waals surface area contributed by atoms with Crippen molar-refractivity contribution in [2.75, 3.05) is 6.54 Å². The molecule has 1 aliphatic rings. The third-order valence-corrected chi connectivity index (χ3v) is 4.88. The average Bonchev–Trinajstić information content (AvgIpc) is 3.21. The first-order chi connectivity index (χ1) is 12.0. The molecule has 1 unspecified atom stereocenters. The molecule has 7 heteroatoms. The molecule has 0 radical (unpaired) electrons. The molecule has 1 saturated heterocycles. The molecule has 3 rings (SSSR count). The lowest BCUT2D eigenvalue weighted by atomic mass is 10.2. The number of amides is 2. The Morgan fingerprint density at radius 3 is 3.08 bits per heavy atom. The molecule has 0 saturated carbocycles. The van der Waals surface area contributed by atoms with E-state index >= 15 is 0 Å². The minimum atomic E-state index is -0.0451. The van der Waals surface area contributed by atoms with Crippen LogP contribution in [0, 0.1) is 6.92 Å². The first kappa shape index (κ1) is 17.7. The fourth-order valence-corrected chi connectivity index (χ4v) is 3.66. The van der Waals surface area contributed by atoms with Gasteiger partial charge in [-0.3, -0.25) is 0 Å². The van der Waals surface area contributed by atoms with Crippen LogP contribution in [0.2, 0.25) is 0 Å². The summed E-state index contributed by atoms with van der Waals surface area (Å²) in [6, 6.07) is 3.79. The number of thiazole rings is 1. The number of hydrogen-bond donors (Lipinski definition) is 1. The van der Waals surface area contributed by atoms with Gasteiger partial charge in [-0.05, 0) is 45.2 Å². The molecule has 0 bridgehead atoms. The van der Waals surface area contributed by atoms with Crippen molar-refractivity contribution in [3.63, 3.8) is 0 Å². The molecule has 3 heterocycles. The number of aromatic nitrogens is 2. The van der Waals surface area contributed by atoms with Crippen LogP contribution in [0.1, 0.15) is 49.0 Å². The Kier molecular flexibility index (Phi) is 5.53. The lowest BCUT2D eigenvalue weighted by Crippen LogP contribution is -2.39. The molecule has 1 N–H and O–H groups in total. The van der Waals surface area contributed by atoms with Gasteiger partial charge >= 0.3 is 6.03 Å². The van der Waals surface area contributed by atoms with Crippen LogP contribution in [0.3, 0.4) is 0 Å². The van der Waals surface area contributed by atoms with Gasteiger partial charge in [0.25, 0.3) is 0 Å².